The minimum atomic E-state index is -0.0196. The number of halogens is 1. The van der Waals surface area contributed by atoms with E-state index in [1.165, 1.54) is 0 Å². The van der Waals surface area contributed by atoms with E-state index in [1.807, 2.05) is 43.1 Å². The molecule has 2 rings (SSSR count). The third-order valence-electron chi connectivity index (χ3n) is 2.88. The normalized spacial score (nSPS) is 12.7. The number of likely N-dealkylation sites (N-methyl/N-ethyl adjacent to an activating group) is 1. The molecule has 0 saturated heterocycles. The van der Waals surface area contributed by atoms with Gasteiger partial charge in [-0.15, -0.1) is 10.2 Å². The maximum Gasteiger partial charge on any atom is 0.159 e. The first-order valence-electron chi connectivity index (χ1n) is 5.39. The van der Waals surface area contributed by atoms with E-state index < -0.39 is 0 Å². The molecule has 0 bridgehead atoms. The molecule has 1 aromatic carbocycles. The van der Waals surface area contributed by atoms with Gasteiger partial charge in [-0.1, -0.05) is 35.9 Å². The van der Waals surface area contributed by atoms with Crippen LogP contribution >= 0.6 is 11.6 Å². The molecule has 90 valence electrons. The van der Waals surface area contributed by atoms with Crippen LogP contribution in [-0.4, -0.2) is 35.0 Å². The summed E-state index contributed by atoms with van der Waals surface area (Å²) in [5.41, 5.74) is 0. The summed E-state index contributed by atoms with van der Waals surface area (Å²) in [5.74, 6) is 0.728. The van der Waals surface area contributed by atoms with E-state index in [0.717, 1.165) is 16.6 Å². The van der Waals surface area contributed by atoms with Crippen LogP contribution in [-0.2, 0) is 0 Å². The molecule has 0 aliphatic rings. The lowest BCUT2D eigenvalue weighted by atomic mass is 10.1. The molecule has 1 unspecified atom stereocenters. The third kappa shape index (κ3) is 2.18. The average molecular weight is 252 g/mol. The first-order valence-corrected chi connectivity index (χ1v) is 5.77. The Balaban J connectivity index is 2.59. The molecular weight excluding hydrogens is 238 g/mol. The van der Waals surface area contributed by atoms with Crippen LogP contribution in [0.25, 0.3) is 10.8 Å². The van der Waals surface area contributed by atoms with Crippen LogP contribution in [0.15, 0.2) is 24.3 Å². The summed E-state index contributed by atoms with van der Waals surface area (Å²) in [6.07, 6.45) is 0. The largest absolute Gasteiger partial charge is 0.394 e. The molecule has 1 atom stereocenters. The molecule has 0 spiro atoms. The Morgan fingerprint density at radius 2 is 1.94 bits per heavy atom. The molecule has 1 N–H and O–H groups in total. The summed E-state index contributed by atoms with van der Waals surface area (Å²) < 4.78 is 0. The van der Waals surface area contributed by atoms with Gasteiger partial charge in [0.2, 0.25) is 0 Å². The molecule has 0 saturated carbocycles. The highest BCUT2D eigenvalue weighted by atomic mass is 35.5. The highest BCUT2D eigenvalue weighted by Gasteiger charge is 2.15. The van der Waals surface area contributed by atoms with Crippen molar-refractivity contribution in [1.82, 2.24) is 10.2 Å². The van der Waals surface area contributed by atoms with Gasteiger partial charge in [-0.25, -0.2) is 0 Å². The van der Waals surface area contributed by atoms with Crippen molar-refractivity contribution in [3.05, 3.63) is 29.4 Å². The van der Waals surface area contributed by atoms with Gasteiger partial charge < -0.3 is 10.0 Å². The van der Waals surface area contributed by atoms with Crippen molar-refractivity contribution < 1.29 is 5.11 Å². The van der Waals surface area contributed by atoms with Crippen LogP contribution < -0.4 is 4.90 Å². The van der Waals surface area contributed by atoms with Gasteiger partial charge in [0, 0.05) is 17.8 Å². The fourth-order valence-corrected chi connectivity index (χ4v) is 1.85. The number of aliphatic hydroxyl groups excluding tert-OH is 1. The Labute approximate surface area is 105 Å². The van der Waals surface area contributed by atoms with Gasteiger partial charge in [-0.2, -0.15) is 0 Å². The van der Waals surface area contributed by atoms with Crippen LogP contribution in [0.5, 0.6) is 0 Å². The molecule has 0 aliphatic heterocycles. The lowest BCUT2D eigenvalue weighted by Gasteiger charge is -2.24. The molecule has 0 fully saturated rings. The first-order chi connectivity index (χ1) is 8.15. The van der Waals surface area contributed by atoms with Crippen LogP contribution in [0.2, 0.25) is 5.15 Å². The summed E-state index contributed by atoms with van der Waals surface area (Å²) in [5, 5.41) is 19.4. The lowest BCUT2D eigenvalue weighted by Crippen LogP contribution is -2.32. The van der Waals surface area contributed by atoms with Gasteiger partial charge in [-0.05, 0) is 6.92 Å². The predicted molar refractivity (Wildman–Crippen MR) is 69.5 cm³/mol. The molecule has 2 aromatic rings. The van der Waals surface area contributed by atoms with E-state index in [1.54, 1.807) is 0 Å². The fourth-order valence-electron chi connectivity index (χ4n) is 1.65. The standard InChI is InChI=1S/C12H14ClN3O/c1-8(7-17)16(2)12-10-6-4-3-5-9(10)11(13)14-15-12/h3-6,8,17H,7H2,1-2H3. The van der Waals surface area contributed by atoms with Crippen molar-refractivity contribution in [2.45, 2.75) is 13.0 Å². The molecule has 1 aromatic heterocycles. The number of hydrogen-bond donors (Lipinski definition) is 1. The zero-order valence-electron chi connectivity index (χ0n) is 9.76. The van der Waals surface area contributed by atoms with Crippen molar-refractivity contribution in [3.63, 3.8) is 0 Å². The number of rotatable bonds is 3. The number of aromatic nitrogens is 2. The Morgan fingerprint density at radius 3 is 2.59 bits per heavy atom. The predicted octanol–water partition coefficient (Wildman–Crippen LogP) is 2.10. The second kappa shape index (κ2) is 4.85. The maximum absolute atomic E-state index is 9.18. The van der Waals surface area contributed by atoms with Gasteiger partial charge in [-0.3, -0.25) is 0 Å². The zero-order chi connectivity index (χ0) is 12.4. The monoisotopic (exact) mass is 251 g/mol. The molecule has 0 radical (unpaired) electrons. The van der Waals surface area contributed by atoms with Crippen LogP contribution in [0.1, 0.15) is 6.92 Å². The Hall–Kier alpha value is -1.39. The number of hydrogen-bond acceptors (Lipinski definition) is 4. The van der Waals surface area contributed by atoms with E-state index in [9.17, 15) is 5.11 Å². The molecule has 4 nitrogen and oxygen atoms in total. The summed E-state index contributed by atoms with van der Waals surface area (Å²) in [7, 11) is 1.88. The van der Waals surface area contributed by atoms with E-state index in [-0.39, 0.29) is 12.6 Å². The van der Waals surface area contributed by atoms with Gasteiger partial charge in [0.15, 0.2) is 11.0 Å². The van der Waals surface area contributed by atoms with E-state index in [4.69, 9.17) is 11.6 Å². The van der Waals surface area contributed by atoms with Crippen molar-refractivity contribution in [2.24, 2.45) is 0 Å². The summed E-state index contributed by atoms with van der Waals surface area (Å²) in [4.78, 5) is 1.89. The Morgan fingerprint density at radius 1 is 1.29 bits per heavy atom. The zero-order valence-corrected chi connectivity index (χ0v) is 10.5. The summed E-state index contributed by atoms with van der Waals surface area (Å²) >= 11 is 6.01. The highest BCUT2D eigenvalue weighted by molar-refractivity contribution is 6.34. The van der Waals surface area contributed by atoms with E-state index in [2.05, 4.69) is 10.2 Å². The van der Waals surface area contributed by atoms with Gasteiger partial charge in [0.25, 0.3) is 0 Å². The van der Waals surface area contributed by atoms with E-state index in [0.29, 0.717) is 5.15 Å². The lowest BCUT2D eigenvalue weighted by molar-refractivity contribution is 0.270. The van der Waals surface area contributed by atoms with Crippen molar-refractivity contribution >= 4 is 28.2 Å². The smallest absolute Gasteiger partial charge is 0.159 e. The molecule has 0 aliphatic carbocycles. The third-order valence-corrected chi connectivity index (χ3v) is 3.16. The number of aliphatic hydroxyl groups is 1. The van der Waals surface area contributed by atoms with Crippen LogP contribution in [0.3, 0.4) is 0 Å². The van der Waals surface area contributed by atoms with Gasteiger partial charge >= 0.3 is 0 Å². The molecule has 0 amide bonds. The topological polar surface area (TPSA) is 49.2 Å². The van der Waals surface area contributed by atoms with Crippen LogP contribution in [0.4, 0.5) is 5.82 Å². The van der Waals surface area contributed by atoms with Crippen molar-refractivity contribution in [2.75, 3.05) is 18.6 Å². The van der Waals surface area contributed by atoms with Crippen LogP contribution in [0, 0.1) is 0 Å². The Kier molecular flexibility index (Phi) is 3.45. The van der Waals surface area contributed by atoms with Gasteiger partial charge in [0.1, 0.15) is 0 Å². The molecule has 5 heteroatoms. The van der Waals surface area contributed by atoms with Crippen molar-refractivity contribution in [1.29, 1.82) is 0 Å². The number of benzene rings is 1. The summed E-state index contributed by atoms with van der Waals surface area (Å²) in [6, 6.07) is 7.68. The average Bonchev–Trinajstić information content (AvgIpc) is 2.38. The molecular formula is C12H14ClN3O. The second-order valence-electron chi connectivity index (χ2n) is 4.00. The molecule has 1 heterocycles. The maximum atomic E-state index is 9.18. The fraction of sp³-hybridized carbons (Fsp3) is 0.333. The minimum absolute atomic E-state index is 0.0196. The van der Waals surface area contributed by atoms with Crippen molar-refractivity contribution in [3.8, 4) is 0 Å². The van der Waals surface area contributed by atoms with E-state index >= 15 is 0 Å². The highest BCUT2D eigenvalue weighted by Crippen LogP contribution is 2.28. The number of anilines is 1. The SMILES string of the molecule is CC(CO)N(C)c1nnc(Cl)c2ccccc12. The quantitative estimate of drug-likeness (QED) is 0.908. The summed E-state index contributed by atoms with van der Waals surface area (Å²) in [6.45, 7) is 1.99. The number of fused-ring (bicyclic) bond motifs is 1. The molecule has 17 heavy (non-hydrogen) atoms. The Bertz CT molecular complexity index is 532. The number of nitrogens with zero attached hydrogens (tertiary/aromatic N) is 3. The minimum Gasteiger partial charge on any atom is -0.394 e. The van der Waals surface area contributed by atoms with Gasteiger partial charge in [0.05, 0.1) is 12.6 Å². The second-order valence-corrected chi connectivity index (χ2v) is 4.36. The first kappa shape index (κ1) is 12.1.